The minimum Gasteiger partial charge on any atom is -0.495 e. The fraction of sp³-hybridized carbons (Fsp3) is 0.417. The second kappa shape index (κ2) is 13.0. The molecule has 35 heavy (non-hydrogen) atoms. The van der Waals surface area contributed by atoms with Gasteiger partial charge in [0, 0.05) is 26.6 Å². The minimum atomic E-state index is -3.63. The Balaban J connectivity index is 2.24. The van der Waals surface area contributed by atoms with Crippen LogP contribution in [0.1, 0.15) is 31.7 Å². The maximum atomic E-state index is 13.3. The van der Waals surface area contributed by atoms with E-state index in [9.17, 15) is 18.0 Å². The van der Waals surface area contributed by atoms with E-state index in [1.807, 2.05) is 6.92 Å². The minimum absolute atomic E-state index is 0.0377. The Bertz CT molecular complexity index is 1140. The number of methoxy groups -OCH3 is 1. The molecule has 0 saturated heterocycles. The van der Waals surface area contributed by atoms with E-state index in [1.54, 1.807) is 42.5 Å². The van der Waals surface area contributed by atoms with Crippen LogP contribution < -0.4 is 14.4 Å². The fourth-order valence-electron chi connectivity index (χ4n) is 3.74. The van der Waals surface area contributed by atoms with Gasteiger partial charge in [-0.15, -0.1) is 0 Å². The Labute approximate surface area is 217 Å². The van der Waals surface area contributed by atoms with Gasteiger partial charge in [-0.2, -0.15) is 0 Å². The maximum Gasteiger partial charge on any atom is 0.242 e. The molecular formula is C24H31Cl2N3O5S. The number of rotatable bonds is 12. The summed E-state index contributed by atoms with van der Waals surface area (Å²) in [4.78, 5) is 27.3. The summed E-state index contributed by atoms with van der Waals surface area (Å²) < 4.78 is 31.5. The zero-order valence-corrected chi connectivity index (χ0v) is 22.6. The van der Waals surface area contributed by atoms with E-state index in [0.29, 0.717) is 27.9 Å². The number of amides is 2. The number of halogens is 2. The number of hydrogen-bond acceptors (Lipinski definition) is 5. The number of nitrogens with one attached hydrogen (secondary N) is 1. The van der Waals surface area contributed by atoms with Crippen LogP contribution in [0.4, 0.5) is 5.69 Å². The number of para-hydroxylation sites is 2. The molecule has 8 nitrogen and oxygen atoms in total. The van der Waals surface area contributed by atoms with Crippen LogP contribution in [0.3, 0.4) is 0 Å². The van der Waals surface area contributed by atoms with E-state index in [0.717, 1.165) is 11.8 Å². The largest absolute Gasteiger partial charge is 0.495 e. The number of carbonyl (C=O) groups is 2. The van der Waals surface area contributed by atoms with Gasteiger partial charge in [0.2, 0.25) is 21.8 Å². The summed E-state index contributed by atoms with van der Waals surface area (Å²) in [6.45, 7) is 2.05. The molecule has 0 heterocycles. The van der Waals surface area contributed by atoms with Crippen molar-refractivity contribution in [1.29, 1.82) is 0 Å². The number of nitrogens with zero attached hydrogens (tertiary/aromatic N) is 2. The van der Waals surface area contributed by atoms with E-state index in [1.165, 1.54) is 23.4 Å². The van der Waals surface area contributed by atoms with Crippen LogP contribution >= 0.6 is 23.2 Å². The lowest BCUT2D eigenvalue weighted by atomic mass is 10.1. The van der Waals surface area contributed by atoms with Crippen LogP contribution in [0.15, 0.2) is 42.5 Å². The summed E-state index contributed by atoms with van der Waals surface area (Å²) in [7, 11) is -0.644. The van der Waals surface area contributed by atoms with Gasteiger partial charge in [0.25, 0.3) is 0 Å². The number of ether oxygens (including phenoxy) is 1. The second-order valence-electron chi connectivity index (χ2n) is 7.92. The van der Waals surface area contributed by atoms with E-state index < -0.39 is 16.1 Å². The highest BCUT2D eigenvalue weighted by Crippen LogP contribution is 2.30. The highest BCUT2D eigenvalue weighted by molar-refractivity contribution is 7.92. The van der Waals surface area contributed by atoms with Crippen molar-refractivity contribution in [2.24, 2.45) is 0 Å². The SMILES string of the molecule is CC[C@@H](C(=O)NC)N(Cc1ccc(Cl)c(Cl)c1)C(=O)CCCN(c1ccccc1OC)S(C)(=O)=O. The van der Waals surface area contributed by atoms with Crippen LogP contribution in [0.5, 0.6) is 5.75 Å². The summed E-state index contributed by atoms with van der Waals surface area (Å²) >= 11 is 12.1. The standard InChI is InChI=1S/C24H31Cl2N3O5S/c1-5-20(24(31)27-2)28(16-17-12-13-18(25)19(26)15-17)23(30)11-8-14-29(35(4,32)33)21-9-6-7-10-22(21)34-3/h6-7,9-10,12-13,15,20H,5,8,11,14,16H2,1-4H3,(H,27,31)/t20-/m0/s1. The third-order valence-electron chi connectivity index (χ3n) is 5.48. The number of benzene rings is 2. The Hall–Kier alpha value is -2.49. The molecule has 0 saturated carbocycles. The summed E-state index contributed by atoms with van der Waals surface area (Å²) in [5.41, 5.74) is 1.12. The van der Waals surface area contributed by atoms with Gasteiger partial charge in [-0.3, -0.25) is 13.9 Å². The van der Waals surface area contributed by atoms with E-state index in [-0.39, 0.29) is 37.7 Å². The molecule has 0 aromatic heterocycles. The van der Waals surface area contributed by atoms with Crippen molar-refractivity contribution in [2.75, 3.05) is 31.3 Å². The van der Waals surface area contributed by atoms with Crippen LogP contribution in [0.2, 0.25) is 10.0 Å². The zero-order valence-electron chi connectivity index (χ0n) is 20.3. The molecule has 1 N–H and O–H groups in total. The van der Waals surface area contributed by atoms with Crippen molar-refractivity contribution < 1.29 is 22.7 Å². The molecular weight excluding hydrogens is 513 g/mol. The lowest BCUT2D eigenvalue weighted by Gasteiger charge is -2.31. The average molecular weight is 545 g/mol. The van der Waals surface area contributed by atoms with Gasteiger partial charge in [-0.1, -0.05) is 48.3 Å². The van der Waals surface area contributed by atoms with Gasteiger partial charge in [0.15, 0.2) is 0 Å². The summed E-state index contributed by atoms with van der Waals surface area (Å²) in [6.07, 6.45) is 1.79. The van der Waals surface area contributed by atoms with Gasteiger partial charge >= 0.3 is 0 Å². The average Bonchev–Trinajstić information content (AvgIpc) is 2.82. The molecule has 192 valence electrons. The smallest absolute Gasteiger partial charge is 0.242 e. The molecule has 2 aromatic rings. The van der Waals surface area contributed by atoms with Gasteiger partial charge in [-0.25, -0.2) is 8.42 Å². The van der Waals surface area contributed by atoms with Crippen molar-refractivity contribution in [3.63, 3.8) is 0 Å². The topological polar surface area (TPSA) is 96.0 Å². The number of likely N-dealkylation sites (N-methyl/N-ethyl adjacent to an activating group) is 1. The number of carbonyl (C=O) groups excluding carboxylic acids is 2. The van der Waals surface area contributed by atoms with Crippen LogP contribution in [0, 0.1) is 0 Å². The quantitative estimate of drug-likeness (QED) is 0.434. The van der Waals surface area contributed by atoms with Crippen molar-refractivity contribution in [1.82, 2.24) is 10.2 Å². The highest BCUT2D eigenvalue weighted by Gasteiger charge is 2.28. The third kappa shape index (κ3) is 7.75. The molecule has 0 aliphatic rings. The molecule has 2 rings (SSSR count). The molecule has 1 atom stereocenters. The maximum absolute atomic E-state index is 13.3. The van der Waals surface area contributed by atoms with Crippen LogP contribution in [-0.4, -0.2) is 58.1 Å². The number of hydrogen-bond donors (Lipinski definition) is 1. The summed E-state index contributed by atoms with van der Waals surface area (Å²) in [5.74, 6) is -0.149. The molecule has 2 amide bonds. The van der Waals surface area contributed by atoms with Gasteiger partial charge in [0.05, 0.1) is 29.1 Å². The zero-order chi connectivity index (χ0) is 26.2. The van der Waals surface area contributed by atoms with Crippen molar-refractivity contribution in [2.45, 2.75) is 38.8 Å². The molecule has 0 spiro atoms. The monoisotopic (exact) mass is 543 g/mol. The summed E-state index contributed by atoms with van der Waals surface area (Å²) in [5, 5.41) is 3.35. The molecule has 0 aliphatic heterocycles. The predicted molar refractivity (Wildman–Crippen MR) is 140 cm³/mol. The Morgan fingerprint density at radius 1 is 1.11 bits per heavy atom. The first kappa shape index (κ1) is 28.7. The molecule has 0 fully saturated rings. The van der Waals surface area contributed by atoms with Crippen molar-refractivity contribution in [3.8, 4) is 5.75 Å². The van der Waals surface area contributed by atoms with Crippen molar-refractivity contribution in [3.05, 3.63) is 58.1 Å². The first-order chi connectivity index (χ1) is 16.5. The van der Waals surface area contributed by atoms with Crippen LogP contribution in [-0.2, 0) is 26.2 Å². The molecule has 0 radical (unpaired) electrons. The molecule has 0 aliphatic carbocycles. The van der Waals surface area contributed by atoms with E-state index >= 15 is 0 Å². The molecule has 2 aromatic carbocycles. The first-order valence-electron chi connectivity index (χ1n) is 11.1. The molecule has 0 unspecified atom stereocenters. The number of anilines is 1. The highest BCUT2D eigenvalue weighted by atomic mass is 35.5. The number of sulfonamides is 1. The van der Waals surface area contributed by atoms with Gasteiger partial charge in [-0.05, 0) is 42.7 Å². The molecule has 0 bridgehead atoms. The lowest BCUT2D eigenvalue weighted by Crippen LogP contribution is -2.48. The Kier molecular flexibility index (Phi) is 10.7. The van der Waals surface area contributed by atoms with E-state index in [2.05, 4.69) is 5.32 Å². The van der Waals surface area contributed by atoms with E-state index in [4.69, 9.17) is 27.9 Å². The Morgan fingerprint density at radius 3 is 2.37 bits per heavy atom. The van der Waals surface area contributed by atoms with Crippen LogP contribution in [0.25, 0.3) is 0 Å². The fourth-order valence-corrected chi connectivity index (χ4v) is 5.03. The Morgan fingerprint density at radius 2 is 1.80 bits per heavy atom. The van der Waals surface area contributed by atoms with Crippen molar-refractivity contribution >= 4 is 50.7 Å². The third-order valence-corrected chi connectivity index (χ3v) is 7.39. The van der Waals surface area contributed by atoms with Gasteiger partial charge in [0.1, 0.15) is 11.8 Å². The normalized spacial score (nSPS) is 12.1. The predicted octanol–water partition coefficient (Wildman–Crippen LogP) is 4.10. The molecule has 11 heteroatoms. The van der Waals surface area contributed by atoms with Gasteiger partial charge < -0.3 is 15.0 Å². The lowest BCUT2D eigenvalue weighted by molar-refractivity contribution is -0.141. The summed E-state index contributed by atoms with van der Waals surface area (Å²) in [6, 6.07) is 11.1. The first-order valence-corrected chi connectivity index (χ1v) is 13.7. The second-order valence-corrected chi connectivity index (χ2v) is 10.6.